The van der Waals surface area contributed by atoms with Crippen LogP contribution in [0.15, 0.2) is 18.2 Å². The van der Waals surface area contributed by atoms with Crippen molar-refractivity contribution < 1.29 is 0 Å². The van der Waals surface area contributed by atoms with Gasteiger partial charge in [0.25, 0.3) is 0 Å². The number of benzene rings is 1. The predicted octanol–water partition coefficient (Wildman–Crippen LogP) is 3.88. The van der Waals surface area contributed by atoms with Gasteiger partial charge in [0, 0.05) is 6.04 Å². The quantitative estimate of drug-likeness (QED) is 0.627. The van der Waals surface area contributed by atoms with Crippen LogP contribution in [0.3, 0.4) is 0 Å². The molecule has 0 aliphatic heterocycles. The van der Waals surface area contributed by atoms with E-state index in [1.165, 1.54) is 16.7 Å². The van der Waals surface area contributed by atoms with Gasteiger partial charge in [0.15, 0.2) is 0 Å². The number of nitrogens with one attached hydrogen (secondary N) is 1. The summed E-state index contributed by atoms with van der Waals surface area (Å²) in [6, 6.07) is 6.69. The Morgan fingerprint density at radius 2 is 1.83 bits per heavy atom. The second-order valence-corrected chi connectivity index (χ2v) is 6.51. The molecule has 0 aliphatic carbocycles. The molecular weight excluding hydrogens is 220 g/mol. The van der Waals surface area contributed by atoms with Crippen LogP contribution >= 0.6 is 0 Å². The van der Waals surface area contributed by atoms with Crippen LogP contribution in [0, 0.1) is 25.2 Å². The third-order valence-electron chi connectivity index (χ3n) is 4.29. The molecule has 0 saturated carbocycles. The van der Waals surface area contributed by atoms with Gasteiger partial charge in [-0.2, -0.15) is 0 Å². The minimum Gasteiger partial charge on any atom is -0.271 e. The van der Waals surface area contributed by atoms with Crippen LogP contribution in [0.1, 0.15) is 56.8 Å². The van der Waals surface area contributed by atoms with E-state index in [2.05, 4.69) is 65.2 Å². The summed E-state index contributed by atoms with van der Waals surface area (Å²) in [6.07, 6.45) is 1.06. The third kappa shape index (κ3) is 3.56. The number of aryl methyl sites for hydroxylation is 1. The Kier molecular flexibility index (Phi) is 4.94. The van der Waals surface area contributed by atoms with E-state index in [1.807, 2.05) is 0 Å². The van der Waals surface area contributed by atoms with E-state index < -0.39 is 0 Å². The zero-order valence-corrected chi connectivity index (χ0v) is 12.7. The largest absolute Gasteiger partial charge is 0.271 e. The lowest BCUT2D eigenvalue weighted by atomic mass is 9.77. The Hall–Kier alpha value is -0.860. The fourth-order valence-electron chi connectivity index (χ4n) is 2.14. The number of rotatable bonds is 4. The molecule has 0 radical (unpaired) electrons. The highest BCUT2D eigenvalue weighted by Crippen LogP contribution is 2.34. The molecule has 102 valence electrons. The summed E-state index contributed by atoms with van der Waals surface area (Å²) in [7, 11) is 0. The summed E-state index contributed by atoms with van der Waals surface area (Å²) in [5.74, 6) is 6.38. The molecule has 0 spiro atoms. The number of hydrazine groups is 1. The van der Waals surface area contributed by atoms with Crippen molar-refractivity contribution in [1.29, 1.82) is 0 Å². The van der Waals surface area contributed by atoms with E-state index in [4.69, 9.17) is 5.84 Å². The topological polar surface area (TPSA) is 38.0 Å². The summed E-state index contributed by atoms with van der Waals surface area (Å²) in [6.45, 7) is 13.5. The van der Waals surface area contributed by atoms with Gasteiger partial charge in [-0.3, -0.25) is 11.3 Å². The molecule has 1 aromatic carbocycles. The number of hydrogen-bond acceptors (Lipinski definition) is 2. The van der Waals surface area contributed by atoms with Crippen molar-refractivity contribution in [2.24, 2.45) is 17.2 Å². The van der Waals surface area contributed by atoms with E-state index in [0.29, 0.717) is 11.3 Å². The molecule has 2 unspecified atom stereocenters. The smallest absolute Gasteiger partial charge is 0.0465 e. The van der Waals surface area contributed by atoms with E-state index in [1.54, 1.807) is 0 Å². The third-order valence-corrected chi connectivity index (χ3v) is 4.29. The minimum absolute atomic E-state index is 0.235. The van der Waals surface area contributed by atoms with Gasteiger partial charge < -0.3 is 0 Å². The van der Waals surface area contributed by atoms with E-state index in [-0.39, 0.29) is 6.04 Å². The first kappa shape index (κ1) is 15.2. The number of nitrogens with two attached hydrogens (primary N) is 1. The lowest BCUT2D eigenvalue weighted by Gasteiger charge is -2.31. The lowest BCUT2D eigenvalue weighted by molar-refractivity contribution is 0.223. The molecule has 0 aliphatic rings. The van der Waals surface area contributed by atoms with Gasteiger partial charge in [-0.05, 0) is 48.3 Å². The zero-order valence-electron chi connectivity index (χ0n) is 12.7. The maximum Gasteiger partial charge on any atom is 0.0465 e. The monoisotopic (exact) mass is 248 g/mol. The Bertz CT molecular complexity index is 391. The molecule has 3 N–H and O–H groups in total. The van der Waals surface area contributed by atoms with E-state index >= 15 is 0 Å². The van der Waals surface area contributed by atoms with Crippen molar-refractivity contribution in [3.05, 3.63) is 34.9 Å². The summed E-state index contributed by atoms with van der Waals surface area (Å²) in [4.78, 5) is 0. The molecule has 2 atom stereocenters. The maximum absolute atomic E-state index is 5.77. The first-order chi connectivity index (χ1) is 8.27. The average Bonchev–Trinajstić information content (AvgIpc) is 2.28. The second kappa shape index (κ2) is 5.85. The molecule has 0 fully saturated rings. The normalized spacial score (nSPS) is 15.5. The van der Waals surface area contributed by atoms with E-state index in [9.17, 15) is 0 Å². The predicted molar refractivity (Wildman–Crippen MR) is 79.2 cm³/mol. The van der Waals surface area contributed by atoms with Crippen molar-refractivity contribution in [2.45, 2.75) is 54.0 Å². The molecule has 18 heavy (non-hydrogen) atoms. The Labute approximate surface area is 112 Å². The molecule has 1 aromatic rings. The first-order valence-electron chi connectivity index (χ1n) is 6.79. The maximum atomic E-state index is 5.77. The van der Waals surface area contributed by atoms with Crippen molar-refractivity contribution in [3.63, 3.8) is 0 Å². The Balaban J connectivity index is 2.94. The Morgan fingerprint density at radius 1 is 1.22 bits per heavy atom. The fraction of sp³-hybridized carbons (Fsp3) is 0.625. The SMILES string of the molecule is Cc1cccc(C(CC(C)C(C)(C)C)NN)c1C. The Morgan fingerprint density at radius 3 is 2.33 bits per heavy atom. The molecule has 1 rings (SSSR count). The highest BCUT2D eigenvalue weighted by molar-refractivity contribution is 5.35. The van der Waals surface area contributed by atoms with Gasteiger partial charge in [-0.1, -0.05) is 45.9 Å². The fourth-order valence-corrected chi connectivity index (χ4v) is 2.14. The highest BCUT2D eigenvalue weighted by Gasteiger charge is 2.24. The van der Waals surface area contributed by atoms with Crippen molar-refractivity contribution in [2.75, 3.05) is 0 Å². The van der Waals surface area contributed by atoms with Gasteiger partial charge in [0.2, 0.25) is 0 Å². The highest BCUT2D eigenvalue weighted by atomic mass is 15.2. The van der Waals surface area contributed by atoms with Crippen LogP contribution in [0.2, 0.25) is 0 Å². The van der Waals surface area contributed by atoms with Gasteiger partial charge >= 0.3 is 0 Å². The van der Waals surface area contributed by atoms with Crippen LogP contribution in [0.5, 0.6) is 0 Å². The van der Waals surface area contributed by atoms with Crippen LogP contribution in [-0.4, -0.2) is 0 Å². The molecule has 0 bridgehead atoms. The molecule has 0 amide bonds. The molecule has 0 saturated heterocycles. The summed E-state index contributed by atoms with van der Waals surface area (Å²) >= 11 is 0. The molecule has 2 heteroatoms. The van der Waals surface area contributed by atoms with Gasteiger partial charge in [-0.25, -0.2) is 0 Å². The summed E-state index contributed by atoms with van der Waals surface area (Å²) in [5.41, 5.74) is 7.31. The first-order valence-corrected chi connectivity index (χ1v) is 6.79. The van der Waals surface area contributed by atoms with Crippen molar-refractivity contribution in [3.8, 4) is 0 Å². The minimum atomic E-state index is 0.235. The lowest BCUT2D eigenvalue weighted by Crippen LogP contribution is -2.32. The van der Waals surface area contributed by atoms with Gasteiger partial charge in [0.05, 0.1) is 0 Å². The molecule has 2 nitrogen and oxygen atoms in total. The summed E-state index contributed by atoms with van der Waals surface area (Å²) in [5, 5.41) is 0. The van der Waals surface area contributed by atoms with Crippen molar-refractivity contribution in [1.82, 2.24) is 5.43 Å². The van der Waals surface area contributed by atoms with Gasteiger partial charge in [-0.15, -0.1) is 0 Å². The van der Waals surface area contributed by atoms with Crippen LogP contribution in [-0.2, 0) is 0 Å². The molecular formula is C16H28N2. The molecule has 0 heterocycles. The van der Waals surface area contributed by atoms with Gasteiger partial charge in [0.1, 0.15) is 0 Å². The number of hydrogen-bond donors (Lipinski definition) is 2. The zero-order chi connectivity index (χ0) is 13.9. The standard InChI is InChI=1S/C16H28N2/c1-11-8-7-9-14(13(11)3)15(18-17)10-12(2)16(4,5)6/h7-9,12,15,18H,10,17H2,1-6H3. The van der Waals surface area contributed by atoms with Crippen molar-refractivity contribution >= 4 is 0 Å². The average molecular weight is 248 g/mol. The van der Waals surface area contributed by atoms with E-state index in [0.717, 1.165) is 6.42 Å². The summed E-state index contributed by atoms with van der Waals surface area (Å²) < 4.78 is 0. The van der Waals surface area contributed by atoms with Crippen LogP contribution in [0.25, 0.3) is 0 Å². The molecule has 0 aromatic heterocycles. The second-order valence-electron chi connectivity index (χ2n) is 6.51. The van der Waals surface area contributed by atoms with Crippen LogP contribution in [0.4, 0.5) is 0 Å². The van der Waals surface area contributed by atoms with Crippen LogP contribution < -0.4 is 11.3 Å².